The molecule has 1 aliphatic rings. The molecule has 3 heteroatoms. The van der Waals surface area contributed by atoms with E-state index in [2.05, 4.69) is 22.0 Å². The normalized spacial score (nSPS) is 16.6. The lowest BCUT2D eigenvalue weighted by Crippen LogP contribution is -2.16. The van der Waals surface area contributed by atoms with Crippen molar-refractivity contribution in [3.05, 3.63) is 69.2 Å². The largest absolute Gasteiger partial charge is 0.293 e. The van der Waals surface area contributed by atoms with Gasteiger partial charge in [-0.25, -0.2) is 0 Å². The topological polar surface area (TPSA) is 17.1 Å². The third kappa shape index (κ3) is 4.95. The van der Waals surface area contributed by atoms with Gasteiger partial charge in [0.2, 0.25) is 0 Å². The van der Waals surface area contributed by atoms with E-state index in [9.17, 15) is 4.79 Å². The number of rotatable bonds is 6. The molecular formula is C22H24BrClO. The van der Waals surface area contributed by atoms with Gasteiger partial charge >= 0.3 is 0 Å². The van der Waals surface area contributed by atoms with E-state index in [0.717, 1.165) is 28.8 Å². The van der Waals surface area contributed by atoms with E-state index in [0.29, 0.717) is 10.6 Å². The van der Waals surface area contributed by atoms with Gasteiger partial charge in [-0.1, -0.05) is 90.0 Å². The minimum Gasteiger partial charge on any atom is -0.293 e. The highest BCUT2D eigenvalue weighted by Crippen LogP contribution is 2.35. The minimum absolute atomic E-state index is 0.115. The summed E-state index contributed by atoms with van der Waals surface area (Å²) in [4.78, 5) is 13.2. The molecule has 1 fully saturated rings. The molecule has 1 saturated carbocycles. The van der Waals surface area contributed by atoms with Crippen LogP contribution in [0.1, 0.15) is 66.8 Å². The molecule has 0 amide bonds. The summed E-state index contributed by atoms with van der Waals surface area (Å²) in [6.45, 7) is 0. The number of halogens is 2. The lowest BCUT2D eigenvalue weighted by Gasteiger charge is -2.24. The Balaban J connectivity index is 1.83. The molecule has 1 unspecified atom stereocenters. The SMILES string of the molecule is O=C(c1cccc(Cl)c1)C(CCC1CCCCC1)c1ccccc1Br. The maximum absolute atomic E-state index is 13.2. The molecule has 0 saturated heterocycles. The van der Waals surface area contributed by atoms with E-state index in [4.69, 9.17) is 11.6 Å². The number of ketones is 1. The highest BCUT2D eigenvalue weighted by Gasteiger charge is 2.25. The molecule has 0 aliphatic heterocycles. The van der Waals surface area contributed by atoms with Crippen molar-refractivity contribution in [2.45, 2.75) is 50.9 Å². The van der Waals surface area contributed by atoms with Crippen molar-refractivity contribution < 1.29 is 4.79 Å². The summed E-state index contributed by atoms with van der Waals surface area (Å²) in [6, 6.07) is 15.4. The third-order valence-electron chi connectivity index (χ3n) is 5.29. The molecule has 3 rings (SSSR count). The number of hydrogen-bond acceptors (Lipinski definition) is 1. The zero-order valence-corrected chi connectivity index (χ0v) is 16.7. The smallest absolute Gasteiger partial charge is 0.170 e. The molecule has 2 aromatic carbocycles. The monoisotopic (exact) mass is 418 g/mol. The molecule has 0 spiro atoms. The van der Waals surface area contributed by atoms with Crippen LogP contribution < -0.4 is 0 Å². The Bertz CT molecular complexity index is 721. The quantitative estimate of drug-likeness (QED) is 0.445. The van der Waals surface area contributed by atoms with E-state index in [-0.39, 0.29) is 11.7 Å². The lowest BCUT2D eigenvalue weighted by molar-refractivity contribution is 0.0950. The van der Waals surface area contributed by atoms with Crippen molar-refractivity contribution in [3.63, 3.8) is 0 Å². The van der Waals surface area contributed by atoms with Crippen LogP contribution in [0.25, 0.3) is 0 Å². The second kappa shape index (κ2) is 9.00. The van der Waals surface area contributed by atoms with Crippen LogP contribution in [-0.4, -0.2) is 5.78 Å². The van der Waals surface area contributed by atoms with Crippen LogP contribution in [0.15, 0.2) is 53.0 Å². The van der Waals surface area contributed by atoms with E-state index < -0.39 is 0 Å². The number of carbonyl (C=O) groups is 1. The van der Waals surface area contributed by atoms with Crippen molar-refractivity contribution in [3.8, 4) is 0 Å². The van der Waals surface area contributed by atoms with E-state index in [1.807, 2.05) is 36.4 Å². The fraction of sp³-hybridized carbons (Fsp3) is 0.409. The average Bonchev–Trinajstić information content (AvgIpc) is 2.64. The minimum atomic E-state index is -0.115. The first-order chi connectivity index (χ1) is 12.1. The van der Waals surface area contributed by atoms with Crippen LogP contribution in [0.4, 0.5) is 0 Å². The number of hydrogen-bond donors (Lipinski definition) is 0. The van der Waals surface area contributed by atoms with Crippen LogP contribution in [-0.2, 0) is 0 Å². The Morgan fingerprint density at radius 2 is 1.84 bits per heavy atom. The van der Waals surface area contributed by atoms with Crippen LogP contribution in [0.5, 0.6) is 0 Å². The van der Waals surface area contributed by atoms with Crippen LogP contribution in [0.3, 0.4) is 0 Å². The summed E-state index contributed by atoms with van der Waals surface area (Å²) in [5.74, 6) is 0.826. The molecule has 0 radical (unpaired) electrons. The Hall–Kier alpha value is -1.12. The Labute approximate surface area is 163 Å². The van der Waals surface area contributed by atoms with Crippen LogP contribution in [0.2, 0.25) is 5.02 Å². The average molecular weight is 420 g/mol. The predicted octanol–water partition coefficient (Wildman–Crippen LogP) is 7.43. The van der Waals surface area contributed by atoms with Gasteiger partial charge in [0.05, 0.1) is 0 Å². The standard InChI is InChI=1S/C22H24BrClO/c23-21-12-5-4-11-19(21)20(14-13-16-7-2-1-3-8-16)22(25)17-9-6-10-18(24)15-17/h4-6,9-12,15-16,20H,1-3,7-8,13-14H2. The van der Waals surface area contributed by atoms with E-state index in [1.165, 1.54) is 32.1 Å². The molecule has 0 heterocycles. The molecule has 1 atom stereocenters. The van der Waals surface area contributed by atoms with Crippen LogP contribution in [0, 0.1) is 5.92 Å². The van der Waals surface area contributed by atoms with E-state index in [1.54, 1.807) is 6.07 Å². The zero-order chi connectivity index (χ0) is 17.6. The lowest BCUT2D eigenvalue weighted by atomic mass is 9.80. The summed E-state index contributed by atoms with van der Waals surface area (Å²) in [7, 11) is 0. The number of benzene rings is 2. The highest BCUT2D eigenvalue weighted by molar-refractivity contribution is 9.10. The first-order valence-electron chi connectivity index (χ1n) is 9.19. The molecular weight excluding hydrogens is 396 g/mol. The van der Waals surface area contributed by atoms with Gasteiger partial charge in [-0.15, -0.1) is 0 Å². The molecule has 132 valence electrons. The van der Waals surface area contributed by atoms with Gasteiger partial charge in [-0.3, -0.25) is 4.79 Å². The molecule has 1 nitrogen and oxygen atoms in total. The number of Topliss-reactive ketones (excluding diaryl/α,β-unsaturated/α-hetero) is 1. The Kier molecular flexibility index (Phi) is 6.72. The first-order valence-corrected chi connectivity index (χ1v) is 10.4. The van der Waals surface area contributed by atoms with Gasteiger partial charge < -0.3 is 0 Å². The number of carbonyl (C=O) groups excluding carboxylic acids is 1. The van der Waals surface area contributed by atoms with Gasteiger partial charge in [-0.2, -0.15) is 0 Å². The molecule has 0 bridgehead atoms. The van der Waals surface area contributed by atoms with Gasteiger partial charge in [0, 0.05) is 21.0 Å². The second-order valence-corrected chi connectivity index (χ2v) is 8.32. The summed E-state index contributed by atoms with van der Waals surface area (Å²) in [5.41, 5.74) is 1.79. The summed E-state index contributed by atoms with van der Waals surface area (Å²) in [5, 5.41) is 0.615. The fourth-order valence-corrected chi connectivity index (χ4v) is 4.66. The predicted molar refractivity (Wildman–Crippen MR) is 108 cm³/mol. The van der Waals surface area contributed by atoms with Crippen molar-refractivity contribution in [2.24, 2.45) is 5.92 Å². The third-order valence-corrected chi connectivity index (χ3v) is 6.25. The molecule has 0 N–H and O–H groups in total. The summed E-state index contributed by atoms with van der Waals surface area (Å²) >= 11 is 9.75. The van der Waals surface area contributed by atoms with Crippen molar-refractivity contribution in [1.29, 1.82) is 0 Å². The fourth-order valence-electron chi connectivity index (χ4n) is 3.91. The maximum atomic E-state index is 13.2. The van der Waals surface area contributed by atoms with Crippen molar-refractivity contribution >= 4 is 33.3 Å². The molecule has 2 aromatic rings. The first kappa shape index (κ1) is 18.7. The second-order valence-electron chi connectivity index (χ2n) is 7.03. The Morgan fingerprint density at radius 1 is 1.08 bits per heavy atom. The maximum Gasteiger partial charge on any atom is 0.170 e. The molecule has 1 aliphatic carbocycles. The van der Waals surface area contributed by atoms with Crippen LogP contribution >= 0.6 is 27.5 Å². The van der Waals surface area contributed by atoms with Crippen molar-refractivity contribution in [2.75, 3.05) is 0 Å². The summed E-state index contributed by atoms with van der Waals surface area (Å²) < 4.78 is 1.01. The molecule has 0 aromatic heterocycles. The van der Waals surface area contributed by atoms with Gasteiger partial charge in [-0.05, 0) is 42.5 Å². The van der Waals surface area contributed by atoms with Gasteiger partial charge in [0.1, 0.15) is 0 Å². The van der Waals surface area contributed by atoms with Gasteiger partial charge in [0.25, 0.3) is 0 Å². The highest BCUT2D eigenvalue weighted by atomic mass is 79.9. The van der Waals surface area contributed by atoms with Gasteiger partial charge in [0.15, 0.2) is 5.78 Å². The van der Waals surface area contributed by atoms with E-state index >= 15 is 0 Å². The molecule has 25 heavy (non-hydrogen) atoms. The zero-order valence-electron chi connectivity index (χ0n) is 14.4. The Morgan fingerprint density at radius 3 is 2.56 bits per heavy atom. The van der Waals surface area contributed by atoms with Crippen molar-refractivity contribution in [1.82, 2.24) is 0 Å². The summed E-state index contributed by atoms with van der Waals surface area (Å²) in [6.07, 6.45) is 8.70.